The molecule has 6 heteroatoms. The van der Waals surface area contributed by atoms with Crippen LogP contribution in [-0.2, 0) is 0 Å². The molecule has 0 saturated carbocycles. The van der Waals surface area contributed by atoms with Crippen LogP contribution in [0.3, 0.4) is 0 Å². The summed E-state index contributed by atoms with van der Waals surface area (Å²) in [6.45, 7) is 0.656. The van der Waals surface area contributed by atoms with E-state index >= 15 is 0 Å². The van der Waals surface area contributed by atoms with Gasteiger partial charge in [-0.15, -0.1) is 0 Å². The lowest BCUT2D eigenvalue weighted by Gasteiger charge is -2.20. The highest BCUT2D eigenvalue weighted by molar-refractivity contribution is 5.97. The van der Waals surface area contributed by atoms with Gasteiger partial charge in [0, 0.05) is 0 Å². The topological polar surface area (TPSA) is 73.6 Å². The molecule has 15 heavy (non-hydrogen) atoms. The van der Waals surface area contributed by atoms with Crippen molar-refractivity contribution >= 4 is 5.91 Å². The zero-order valence-electron chi connectivity index (χ0n) is 7.75. The standard InChI is InChI=1S/C9H9FN2O3/c10-5-1-2-6-8(15-4-3-14-6)7(5)9(13)12-11/h1-2H,3-4,11H2,(H,12,13). The number of halogens is 1. The van der Waals surface area contributed by atoms with Gasteiger partial charge in [0.15, 0.2) is 11.5 Å². The Hall–Kier alpha value is -1.82. The van der Waals surface area contributed by atoms with Crippen molar-refractivity contribution < 1.29 is 18.7 Å². The lowest BCUT2D eigenvalue weighted by Crippen LogP contribution is -2.32. The molecule has 0 aromatic heterocycles. The predicted molar refractivity (Wildman–Crippen MR) is 49.0 cm³/mol. The van der Waals surface area contributed by atoms with Gasteiger partial charge in [-0.3, -0.25) is 10.2 Å². The maximum Gasteiger partial charge on any atom is 0.272 e. The van der Waals surface area contributed by atoms with Gasteiger partial charge in [0.1, 0.15) is 24.6 Å². The second-order valence-corrected chi connectivity index (χ2v) is 2.92. The number of hydrogen-bond acceptors (Lipinski definition) is 4. The highest BCUT2D eigenvalue weighted by atomic mass is 19.1. The summed E-state index contributed by atoms with van der Waals surface area (Å²) in [7, 11) is 0. The maximum atomic E-state index is 13.4. The molecule has 0 saturated heterocycles. The van der Waals surface area contributed by atoms with Gasteiger partial charge in [0.2, 0.25) is 0 Å². The third-order valence-corrected chi connectivity index (χ3v) is 2.02. The number of hydrazine groups is 1. The van der Waals surface area contributed by atoms with Gasteiger partial charge in [-0.1, -0.05) is 0 Å². The fraction of sp³-hybridized carbons (Fsp3) is 0.222. The first-order valence-electron chi connectivity index (χ1n) is 4.33. The molecule has 0 radical (unpaired) electrons. The predicted octanol–water partition coefficient (Wildman–Crippen LogP) is 0.200. The van der Waals surface area contributed by atoms with E-state index in [1.165, 1.54) is 6.07 Å². The first kappa shape index (κ1) is 9.72. The minimum atomic E-state index is -0.741. The average molecular weight is 212 g/mol. The SMILES string of the molecule is NNC(=O)c1c(F)ccc2c1OCCO2. The van der Waals surface area contributed by atoms with Gasteiger partial charge < -0.3 is 9.47 Å². The van der Waals surface area contributed by atoms with Crippen molar-refractivity contribution in [2.45, 2.75) is 0 Å². The van der Waals surface area contributed by atoms with E-state index in [9.17, 15) is 9.18 Å². The van der Waals surface area contributed by atoms with Crippen LogP contribution in [0.15, 0.2) is 12.1 Å². The monoisotopic (exact) mass is 212 g/mol. The summed E-state index contributed by atoms with van der Waals surface area (Å²) >= 11 is 0. The molecule has 0 spiro atoms. The van der Waals surface area contributed by atoms with E-state index in [0.717, 1.165) is 6.07 Å². The van der Waals surface area contributed by atoms with Crippen molar-refractivity contribution in [1.29, 1.82) is 0 Å². The van der Waals surface area contributed by atoms with Crippen molar-refractivity contribution in [3.8, 4) is 11.5 Å². The number of ether oxygens (including phenoxy) is 2. The molecule has 0 fully saturated rings. The fourth-order valence-electron chi connectivity index (χ4n) is 1.38. The molecule has 0 aliphatic carbocycles. The van der Waals surface area contributed by atoms with Crippen LogP contribution in [0.1, 0.15) is 10.4 Å². The number of nitrogens with one attached hydrogen (secondary N) is 1. The van der Waals surface area contributed by atoms with E-state index in [1.54, 1.807) is 0 Å². The number of carbonyl (C=O) groups is 1. The van der Waals surface area contributed by atoms with E-state index in [2.05, 4.69) is 0 Å². The first-order valence-corrected chi connectivity index (χ1v) is 4.33. The molecule has 1 heterocycles. The molecular formula is C9H9FN2O3. The molecule has 0 bridgehead atoms. The second-order valence-electron chi connectivity index (χ2n) is 2.92. The molecule has 0 unspecified atom stereocenters. The highest BCUT2D eigenvalue weighted by Crippen LogP contribution is 2.35. The van der Waals surface area contributed by atoms with Crippen molar-refractivity contribution in [3.63, 3.8) is 0 Å². The van der Waals surface area contributed by atoms with E-state index in [-0.39, 0.29) is 17.9 Å². The number of rotatable bonds is 1. The largest absolute Gasteiger partial charge is 0.486 e. The average Bonchev–Trinajstić information content (AvgIpc) is 2.28. The number of nitrogen functional groups attached to an aromatic ring is 1. The van der Waals surface area contributed by atoms with Crippen LogP contribution in [0, 0.1) is 5.82 Å². The number of carbonyl (C=O) groups excluding carboxylic acids is 1. The zero-order chi connectivity index (χ0) is 10.8. The van der Waals surface area contributed by atoms with Crippen molar-refractivity contribution in [2.24, 2.45) is 5.84 Å². The van der Waals surface area contributed by atoms with Crippen molar-refractivity contribution in [1.82, 2.24) is 5.43 Å². The Morgan fingerprint density at radius 1 is 1.40 bits per heavy atom. The summed E-state index contributed by atoms with van der Waals surface area (Å²) < 4.78 is 23.7. The highest BCUT2D eigenvalue weighted by Gasteiger charge is 2.24. The molecule has 1 amide bonds. The molecule has 1 aromatic carbocycles. The molecule has 1 aromatic rings. The smallest absolute Gasteiger partial charge is 0.272 e. The molecule has 3 N–H and O–H groups in total. The van der Waals surface area contributed by atoms with E-state index < -0.39 is 11.7 Å². The second kappa shape index (κ2) is 3.74. The summed E-state index contributed by atoms with van der Waals surface area (Å²) in [4.78, 5) is 11.3. The van der Waals surface area contributed by atoms with Gasteiger partial charge in [-0.25, -0.2) is 10.2 Å². The molecule has 1 aliphatic heterocycles. The van der Waals surface area contributed by atoms with E-state index in [4.69, 9.17) is 15.3 Å². The Kier molecular flexibility index (Phi) is 2.42. The van der Waals surface area contributed by atoms with Crippen LogP contribution in [0.2, 0.25) is 0 Å². The molecule has 1 aliphatic rings. The normalized spacial score (nSPS) is 13.5. The molecule has 5 nitrogen and oxygen atoms in total. The Bertz CT molecular complexity index is 409. The molecule has 0 atom stereocenters. The molecule has 80 valence electrons. The summed E-state index contributed by atoms with van der Waals surface area (Å²) in [6, 6.07) is 2.55. The summed E-state index contributed by atoms with van der Waals surface area (Å²) in [5, 5.41) is 0. The lowest BCUT2D eigenvalue weighted by atomic mass is 10.1. The number of benzene rings is 1. The van der Waals surface area contributed by atoms with Gasteiger partial charge in [-0.05, 0) is 12.1 Å². The minimum Gasteiger partial charge on any atom is -0.486 e. The maximum absolute atomic E-state index is 13.4. The van der Waals surface area contributed by atoms with E-state index in [0.29, 0.717) is 12.4 Å². The number of amides is 1. The third kappa shape index (κ3) is 1.59. The Morgan fingerprint density at radius 3 is 2.87 bits per heavy atom. The van der Waals surface area contributed by atoms with Crippen LogP contribution in [0.4, 0.5) is 4.39 Å². The number of fused-ring (bicyclic) bond motifs is 1. The van der Waals surface area contributed by atoms with Crippen LogP contribution >= 0.6 is 0 Å². The Morgan fingerprint density at radius 2 is 2.13 bits per heavy atom. The van der Waals surface area contributed by atoms with Crippen molar-refractivity contribution in [2.75, 3.05) is 13.2 Å². The lowest BCUT2D eigenvalue weighted by molar-refractivity contribution is 0.0937. The summed E-state index contributed by atoms with van der Waals surface area (Å²) in [5.74, 6) is 3.96. The van der Waals surface area contributed by atoms with Gasteiger partial charge in [0.25, 0.3) is 5.91 Å². The summed E-state index contributed by atoms with van der Waals surface area (Å²) in [6.07, 6.45) is 0. The zero-order valence-corrected chi connectivity index (χ0v) is 7.75. The molecule has 2 rings (SSSR count). The molecular weight excluding hydrogens is 203 g/mol. The van der Waals surface area contributed by atoms with Gasteiger partial charge >= 0.3 is 0 Å². The first-order chi connectivity index (χ1) is 7.24. The minimum absolute atomic E-state index is 0.101. The van der Waals surface area contributed by atoms with Crippen LogP contribution in [-0.4, -0.2) is 19.1 Å². The third-order valence-electron chi connectivity index (χ3n) is 2.02. The quantitative estimate of drug-likeness (QED) is 0.396. The van der Waals surface area contributed by atoms with Crippen LogP contribution < -0.4 is 20.7 Å². The van der Waals surface area contributed by atoms with Gasteiger partial charge in [-0.2, -0.15) is 0 Å². The van der Waals surface area contributed by atoms with Gasteiger partial charge in [0.05, 0.1) is 0 Å². The van der Waals surface area contributed by atoms with Crippen LogP contribution in [0.5, 0.6) is 11.5 Å². The Labute approximate surface area is 84.9 Å². The number of nitrogens with two attached hydrogens (primary N) is 1. The van der Waals surface area contributed by atoms with E-state index in [1.807, 2.05) is 5.43 Å². The Balaban J connectivity index is 2.55. The fourth-order valence-corrected chi connectivity index (χ4v) is 1.38. The number of hydrogen-bond donors (Lipinski definition) is 2. The van der Waals surface area contributed by atoms with Crippen LogP contribution in [0.25, 0.3) is 0 Å². The summed E-state index contributed by atoms with van der Waals surface area (Å²) in [5.41, 5.74) is 1.63. The van der Waals surface area contributed by atoms with Crippen molar-refractivity contribution in [3.05, 3.63) is 23.5 Å².